The van der Waals surface area contributed by atoms with E-state index in [2.05, 4.69) is 20.9 Å². The molecular formula is C13H13BrN2O2S. The van der Waals surface area contributed by atoms with Crippen LogP contribution in [0.5, 0.6) is 0 Å². The van der Waals surface area contributed by atoms with E-state index in [-0.39, 0.29) is 0 Å². The summed E-state index contributed by atoms with van der Waals surface area (Å²) in [4.78, 5) is 15.9. The monoisotopic (exact) mass is 340 g/mol. The molecule has 6 heteroatoms. The highest BCUT2D eigenvalue weighted by molar-refractivity contribution is 9.10. The topological polar surface area (TPSA) is 55.1 Å². The molecule has 2 aromatic rings. The molecule has 1 aromatic carbocycles. The quantitative estimate of drug-likeness (QED) is 0.645. The second-order valence-electron chi connectivity index (χ2n) is 3.95. The molecule has 2 rings (SSSR count). The highest BCUT2D eigenvalue weighted by atomic mass is 79.9. The summed E-state index contributed by atoms with van der Waals surface area (Å²) in [6.07, 6.45) is 6.43. The second kappa shape index (κ2) is 6.77. The number of carboxylic acids is 1. The number of rotatable bonds is 6. The summed E-state index contributed by atoms with van der Waals surface area (Å²) in [7, 11) is 0. The number of hydrogen-bond donors (Lipinski definition) is 1. The Hall–Kier alpha value is -1.27. The Morgan fingerprint density at radius 2 is 2.32 bits per heavy atom. The lowest BCUT2D eigenvalue weighted by Crippen LogP contribution is -2.00. The fraction of sp³-hybridized carbons (Fsp3) is 0.231. The van der Waals surface area contributed by atoms with Crippen molar-refractivity contribution in [3.63, 3.8) is 0 Å². The van der Waals surface area contributed by atoms with Gasteiger partial charge in [0, 0.05) is 28.3 Å². The lowest BCUT2D eigenvalue weighted by molar-refractivity contribution is 0.0693. The van der Waals surface area contributed by atoms with E-state index in [1.54, 1.807) is 36.4 Å². The molecule has 1 aromatic heterocycles. The van der Waals surface area contributed by atoms with Crippen LogP contribution in [0, 0.1) is 0 Å². The first kappa shape index (κ1) is 14.1. The van der Waals surface area contributed by atoms with Gasteiger partial charge >= 0.3 is 5.97 Å². The maximum Gasteiger partial charge on any atom is 0.336 e. The minimum Gasteiger partial charge on any atom is -0.478 e. The number of benzene rings is 1. The SMILES string of the molecule is O=C(O)c1ccc(Br)cc1SCCCn1ccnc1. The van der Waals surface area contributed by atoms with Crippen molar-refractivity contribution >= 4 is 33.7 Å². The summed E-state index contributed by atoms with van der Waals surface area (Å²) in [5, 5.41) is 9.12. The van der Waals surface area contributed by atoms with Gasteiger partial charge in [0.1, 0.15) is 0 Å². The van der Waals surface area contributed by atoms with Crippen LogP contribution in [0.4, 0.5) is 0 Å². The summed E-state index contributed by atoms with van der Waals surface area (Å²) >= 11 is 4.93. The van der Waals surface area contributed by atoms with Gasteiger partial charge in [0.25, 0.3) is 0 Å². The zero-order valence-electron chi connectivity index (χ0n) is 10.1. The Labute approximate surface area is 124 Å². The van der Waals surface area contributed by atoms with Gasteiger partial charge in [-0.1, -0.05) is 15.9 Å². The van der Waals surface area contributed by atoms with E-state index in [0.29, 0.717) is 5.56 Å². The third-order valence-corrected chi connectivity index (χ3v) is 4.19. The summed E-state index contributed by atoms with van der Waals surface area (Å²) < 4.78 is 2.91. The lowest BCUT2D eigenvalue weighted by atomic mass is 10.2. The third-order valence-electron chi connectivity index (χ3n) is 2.55. The summed E-state index contributed by atoms with van der Waals surface area (Å²) in [5.41, 5.74) is 0.357. The molecule has 19 heavy (non-hydrogen) atoms. The summed E-state index contributed by atoms with van der Waals surface area (Å²) in [5.74, 6) is -0.0147. The number of imidazole rings is 1. The zero-order chi connectivity index (χ0) is 13.7. The van der Waals surface area contributed by atoms with Crippen molar-refractivity contribution in [3.8, 4) is 0 Å². The molecular weight excluding hydrogens is 328 g/mol. The number of carboxylic acid groups (broad SMARTS) is 1. The Kier molecular flexibility index (Phi) is 5.04. The number of thioether (sulfide) groups is 1. The normalized spacial score (nSPS) is 10.6. The first-order valence-electron chi connectivity index (χ1n) is 5.78. The lowest BCUT2D eigenvalue weighted by Gasteiger charge is -2.07. The van der Waals surface area contributed by atoms with Crippen LogP contribution in [-0.4, -0.2) is 26.4 Å². The number of carbonyl (C=O) groups is 1. The van der Waals surface area contributed by atoms with Crippen molar-refractivity contribution in [3.05, 3.63) is 47.0 Å². The number of hydrogen-bond acceptors (Lipinski definition) is 3. The van der Waals surface area contributed by atoms with Gasteiger partial charge in [-0.25, -0.2) is 9.78 Å². The molecule has 0 saturated carbocycles. The largest absolute Gasteiger partial charge is 0.478 e. The van der Waals surface area contributed by atoms with Gasteiger partial charge in [0.2, 0.25) is 0 Å². The first-order valence-corrected chi connectivity index (χ1v) is 7.56. The maximum atomic E-state index is 11.1. The molecule has 0 bridgehead atoms. The Morgan fingerprint density at radius 1 is 1.47 bits per heavy atom. The number of nitrogens with zero attached hydrogens (tertiary/aromatic N) is 2. The molecule has 1 N–H and O–H groups in total. The van der Waals surface area contributed by atoms with E-state index in [0.717, 1.165) is 28.1 Å². The van der Waals surface area contributed by atoms with Crippen LogP contribution >= 0.6 is 27.7 Å². The molecule has 4 nitrogen and oxygen atoms in total. The van der Waals surface area contributed by atoms with E-state index < -0.39 is 5.97 Å². The fourth-order valence-electron chi connectivity index (χ4n) is 1.64. The van der Waals surface area contributed by atoms with E-state index >= 15 is 0 Å². The molecule has 0 saturated heterocycles. The number of halogens is 1. The van der Waals surface area contributed by atoms with E-state index in [4.69, 9.17) is 5.11 Å². The van der Waals surface area contributed by atoms with Crippen molar-refractivity contribution in [2.24, 2.45) is 0 Å². The molecule has 0 aliphatic rings. The summed E-state index contributed by atoms with van der Waals surface area (Å²) in [6, 6.07) is 5.23. The number of aromatic carboxylic acids is 1. The standard InChI is InChI=1S/C13H13BrN2O2S/c14-10-2-3-11(13(17)18)12(8-10)19-7-1-5-16-6-4-15-9-16/h2-4,6,8-9H,1,5,7H2,(H,17,18). The van der Waals surface area contributed by atoms with Crippen molar-refractivity contribution in [1.82, 2.24) is 9.55 Å². The molecule has 0 amide bonds. The molecule has 100 valence electrons. The second-order valence-corrected chi connectivity index (χ2v) is 6.00. The van der Waals surface area contributed by atoms with Gasteiger partial charge < -0.3 is 9.67 Å². The highest BCUT2D eigenvalue weighted by Crippen LogP contribution is 2.27. The Morgan fingerprint density at radius 3 is 3.00 bits per heavy atom. The van der Waals surface area contributed by atoms with Gasteiger partial charge in [0.05, 0.1) is 11.9 Å². The molecule has 0 aliphatic carbocycles. The van der Waals surface area contributed by atoms with Crippen molar-refractivity contribution in [2.75, 3.05) is 5.75 Å². The van der Waals surface area contributed by atoms with Crippen LogP contribution in [-0.2, 0) is 6.54 Å². The minimum absolute atomic E-state index is 0.357. The molecule has 0 atom stereocenters. The smallest absolute Gasteiger partial charge is 0.336 e. The van der Waals surface area contributed by atoms with Crippen LogP contribution in [0.2, 0.25) is 0 Å². The number of aromatic nitrogens is 2. The van der Waals surface area contributed by atoms with Gasteiger partial charge in [-0.05, 0) is 30.4 Å². The number of aryl methyl sites for hydroxylation is 1. The van der Waals surface area contributed by atoms with Crippen LogP contribution in [0.25, 0.3) is 0 Å². The van der Waals surface area contributed by atoms with Crippen LogP contribution in [0.1, 0.15) is 16.8 Å². The highest BCUT2D eigenvalue weighted by Gasteiger charge is 2.10. The average Bonchev–Trinajstić information content (AvgIpc) is 2.87. The molecule has 0 unspecified atom stereocenters. The predicted octanol–water partition coefficient (Wildman–Crippen LogP) is 3.53. The van der Waals surface area contributed by atoms with E-state index in [9.17, 15) is 4.79 Å². The van der Waals surface area contributed by atoms with Gasteiger partial charge in [-0.15, -0.1) is 11.8 Å². The fourth-order valence-corrected chi connectivity index (χ4v) is 3.17. The first-order chi connectivity index (χ1) is 9.16. The van der Waals surface area contributed by atoms with Crippen LogP contribution in [0.3, 0.4) is 0 Å². The van der Waals surface area contributed by atoms with Crippen LogP contribution in [0.15, 0.2) is 46.3 Å². The average molecular weight is 341 g/mol. The van der Waals surface area contributed by atoms with Crippen molar-refractivity contribution < 1.29 is 9.90 Å². The van der Waals surface area contributed by atoms with E-state index in [1.165, 1.54) is 0 Å². The molecule has 0 fully saturated rings. The minimum atomic E-state index is -0.885. The Bertz CT molecular complexity index is 558. The van der Waals surface area contributed by atoms with Gasteiger partial charge in [-0.3, -0.25) is 0 Å². The predicted molar refractivity (Wildman–Crippen MR) is 78.7 cm³/mol. The molecule has 0 radical (unpaired) electrons. The third kappa shape index (κ3) is 4.11. The molecule has 1 heterocycles. The van der Waals surface area contributed by atoms with Crippen molar-refractivity contribution in [1.29, 1.82) is 0 Å². The molecule has 0 spiro atoms. The summed E-state index contributed by atoms with van der Waals surface area (Å²) in [6.45, 7) is 0.892. The maximum absolute atomic E-state index is 11.1. The molecule has 0 aliphatic heterocycles. The van der Waals surface area contributed by atoms with Gasteiger partial charge in [0.15, 0.2) is 0 Å². The van der Waals surface area contributed by atoms with Gasteiger partial charge in [-0.2, -0.15) is 0 Å². The Balaban J connectivity index is 1.91. The van der Waals surface area contributed by atoms with Crippen LogP contribution < -0.4 is 0 Å². The van der Waals surface area contributed by atoms with Crippen molar-refractivity contribution in [2.45, 2.75) is 17.9 Å². The van der Waals surface area contributed by atoms with E-state index in [1.807, 2.05) is 16.8 Å². The zero-order valence-corrected chi connectivity index (χ0v) is 12.5.